The third-order valence-electron chi connectivity index (χ3n) is 5.01. The highest BCUT2D eigenvalue weighted by Crippen LogP contribution is 2.27. The molecule has 4 rings (SSSR count). The molecule has 0 spiro atoms. The van der Waals surface area contributed by atoms with Crippen LogP contribution in [0.5, 0.6) is 0 Å². The lowest BCUT2D eigenvalue weighted by molar-refractivity contribution is 0.250. The van der Waals surface area contributed by atoms with E-state index in [4.69, 9.17) is 38.6 Å². The van der Waals surface area contributed by atoms with Crippen molar-refractivity contribution in [3.63, 3.8) is 0 Å². The van der Waals surface area contributed by atoms with Crippen LogP contribution < -0.4 is 4.90 Å². The van der Waals surface area contributed by atoms with Crippen molar-refractivity contribution in [2.24, 2.45) is 5.18 Å². The average molecular weight is 494 g/mol. The number of benzene rings is 3. The first-order valence-corrected chi connectivity index (χ1v) is 11.3. The van der Waals surface area contributed by atoms with Gasteiger partial charge in [-0.15, -0.1) is 0 Å². The highest BCUT2D eigenvalue weighted by Gasteiger charge is 2.19. The minimum absolute atomic E-state index is 0.586. The van der Waals surface area contributed by atoms with Crippen LogP contribution in [0.3, 0.4) is 0 Å². The van der Waals surface area contributed by atoms with Crippen LogP contribution in [0, 0.1) is 27.6 Å². The van der Waals surface area contributed by atoms with Gasteiger partial charge in [0.05, 0.1) is 41.0 Å². The molecule has 3 aromatic carbocycles. The minimum Gasteiger partial charge on any atom is -0.368 e. The number of nitrogens with zero attached hydrogens (tertiary/aromatic N) is 5. The lowest BCUT2D eigenvalue weighted by atomic mass is 10.1. The molecular formula is C26H25Cl2N5O. The second-order valence-corrected chi connectivity index (χ2v) is 8.17. The fourth-order valence-electron chi connectivity index (χ4n) is 3.34. The van der Waals surface area contributed by atoms with E-state index in [-0.39, 0.29) is 0 Å². The molecule has 34 heavy (non-hydrogen) atoms. The maximum Gasteiger partial charge on any atom is 0.0992 e. The number of nitriles is 2. The number of rotatable bonds is 3. The van der Waals surface area contributed by atoms with Gasteiger partial charge in [0.25, 0.3) is 0 Å². The summed E-state index contributed by atoms with van der Waals surface area (Å²) in [5.74, 6) is 0. The monoisotopic (exact) mass is 493 g/mol. The summed E-state index contributed by atoms with van der Waals surface area (Å²) in [7, 11) is 1.19. The first-order chi connectivity index (χ1) is 16.5. The number of anilines is 1. The Kier molecular flexibility index (Phi) is 11.6. The number of piperazine rings is 1. The zero-order valence-electron chi connectivity index (χ0n) is 18.9. The van der Waals surface area contributed by atoms with Crippen molar-refractivity contribution >= 4 is 28.9 Å². The van der Waals surface area contributed by atoms with E-state index >= 15 is 0 Å². The van der Waals surface area contributed by atoms with E-state index in [1.807, 2.05) is 66.7 Å². The number of halogens is 2. The van der Waals surface area contributed by atoms with Gasteiger partial charge in [-0.1, -0.05) is 58.7 Å². The van der Waals surface area contributed by atoms with Gasteiger partial charge in [0.2, 0.25) is 0 Å². The number of nitroso groups, excluding NO2 is 1. The predicted molar refractivity (Wildman–Crippen MR) is 138 cm³/mol. The molecule has 6 nitrogen and oxygen atoms in total. The molecule has 0 bridgehead atoms. The standard InChI is InChI=1S/C19H17ClN4.C6H5Cl.CH3NO/c20-18-11-17(13-22)5-6-19(18)24-9-7-23(8-10-24)14-16-3-1-15(12-21)2-4-16;7-6-4-2-1-3-5-6;1-2-3/h1-6,11H,7-10,14H2;1-5H;1H3. The highest BCUT2D eigenvalue weighted by molar-refractivity contribution is 6.33. The Morgan fingerprint density at radius 1 is 0.853 bits per heavy atom. The van der Waals surface area contributed by atoms with E-state index in [1.54, 1.807) is 6.07 Å². The fraction of sp³-hybridized carbons (Fsp3) is 0.231. The van der Waals surface area contributed by atoms with E-state index in [1.165, 1.54) is 12.6 Å². The molecule has 0 amide bonds. The van der Waals surface area contributed by atoms with Gasteiger partial charge in [0, 0.05) is 37.7 Å². The number of hydrogen-bond acceptors (Lipinski definition) is 6. The molecule has 0 atom stereocenters. The molecule has 1 saturated heterocycles. The largest absolute Gasteiger partial charge is 0.368 e. The molecule has 0 radical (unpaired) electrons. The van der Waals surface area contributed by atoms with Gasteiger partial charge in [-0.25, -0.2) is 0 Å². The van der Waals surface area contributed by atoms with Gasteiger partial charge in [0.1, 0.15) is 0 Å². The van der Waals surface area contributed by atoms with Crippen molar-refractivity contribution in [2.45, 2.75) is 6.54 Å². The summed E-state index contributed by atoms with van der Waals surface area (Å²) in [6.45, 7) is 4.61. The first-order valence-electron chi connectivity index (χ1n) is 10.6. The van der Waals surface area contributed by atoms with Crippen LogP contribution in [0.1, 0.15) is 16.7 Å². The van der Waals surface area contributed by atoms with Gasteiger partial charge in [-0.3, -0.25) is 4.90 Å². The molecule has 0 aliphatic carbocycles. The average Bonchev–Trinajstić information content (AvgIpc) is 2.86. The molecule has 8 heteroatoms. The van der Waals surface area contributed by atoms with E-state index in [9.17, 15) is 0 Å². The fourth-order valence-corrected chi connectivity index (χ4v) is 3.78. The molecule has 1 aliphatic rings. The summed E-state index contributed by atoms with van der Waals surface area (Å²) in [6, 6.07) is 26.9. The molecular weight excluding hydrogens is 469 g/mol. The van der Waals surface area contributed by atoms with Crippen LogP contribution >= 0.6 is 23.2 Å². The SMILES string of the molecule is CN=O.Clc1ccccc1.N#Cc1ccc(CN2CCN(c3ccc(C#N)cc3Cl)CC2)cc1. The topological polar surface area (TPSA) is 83.5 Å². The van der Waals surface area contributed by atoms with Crippen LogP contribution in [0.4, 0.5) is 5.69 Å². The molecule has 0 N–H and O–H groups in total. The quantitative estimate of drug-likeness (QED) is 0.409. The summed E-state index contributed by atoms with van der Waals surface area (Å²) >= 11 is 11.8. The van der Waals surface area contributed by atoms with Crippen LogP contribution in [0.15, 0.2) is 78.0 Å². The Bertz CT molecular complexity index is 1120. The van der Waals surface area contributed by atoms with Crippen molar-refractivity contribution < 1.29 is 0 Å². The molecule has 1 fully saturated rings. The second kappa shape index (κ2) is 14.7. The van der Waals surface area contributed by atoms with E-state index in [0.29, 0.717) is 16.1 Å². The summed E-state index contributed by atoms with van der Waals surface area (Å²) in [4.78, 5) is 13.2. The Labute approximate surface area is 210 Å². The number of hydrogen-bond donors (Lipinski definition) is 0. The van der Waals surface area contributed by atoms with Gasteiger partial charge in [0.15, 0.2) is 0 Å². The van der Waals surface area contributed by atoms with E-state index in [0.717, 1.165) is 43.4 Å². The van der Waals surface area contributed by atoms with Gasteiger partial charge in [-0.2, -0.15) is 15.4 Å². The van der Waals surface area contributed by atoms with Crippen molar-refractivity contribution in [2.75, 3.05) is 38.1 Å². The van der Waals surface area contributed by atoms with E-state index < -0.39 is 0 Å². The van der Waals surface area contributed by atoms with Gasteiger partial charge in [-0.05, 0) is 48.0 Å². The zero-order valence-corrected chi connectivity index (χ0v) is 20.4. The summed E-state index contributed by atoms with van der Waals surface area (Å²) < 4.78 is 0. The normalized spacial score (nSPS) is 12.7. The summed E-state index contributed by atoms with van der Waals surface area (Å²) in [5, 5.41) is 21.5. The summed E-state index contributed by atoms with van der Waals surface area (Å²) in [5.41, 5.74) is 3.50. The maximum atomic E-state index is 8.92. The molecule has 0 unspecified atom stereocenters. The third-order valence-corrected chi connectivity index (χ3v) is 5.57. The van der Waals surface area contributed by atoms with Crippen molar-refractivity contribution in [3.8, 4) is 12.1 Å². The van der Waals surface area contributed by atoms with Crippen LogP contribution in [0.25, 0.3) is 0 Å². The molecule has 1 aliphatic heterocycles. The van der Waals surface area contributed by atoms with Crippen LogP contribution in [-0.2, 0) is 6.54 Å². The van der Waals surface area contributed by atoms with Crippen LogP contribution in [-0.4, -0.2) is 38.1 Å². The highest BCUT2D eigenvalue weighted by atomic mass is 35.5. The Morgan fingerprint density at radius 2 is 1.41 bits per heavy atom. The second-order valence-electron chi connectivity index (χ2n) is 7.33. The van der Waals surface area contributed by atoms with Crippen LogP contribution in [0.2, 0.25) is 10.0 Å². The summed E-state index contributed by atoms with van der Waals surface area (Å²) in [6.07, 6.45) is 0. The van der Waals surface area contributed by atoms with Gasteiger partial charge >= 0.3 is 0 Å². The molecule has 1 heterocycles. The third kappa shape index (κ3) is 8.84. The first kappa shape index (κ1) is 26.8. The Balaban J connectivity index is 0.000000341. The maximum absolute atomic E-state index is 8.92. The minimum atomic E-state index is 0.586. The molecule has 0 saturated carbocycles. The van der Waals surface area contributed by atoms with Crippen molar-refractivity contribution in [1.82, 2.24) is 4.90 Å². The molecule has 174 valence electrons. The smallest absolute Gasteiger partial charge is 0.0992 e. The molecule has 3 aromatic rings. The lowest BCUT2D eigenvalue weighted by Crippen LogP contribution is -2.46. The lowest BCUT2D eigenvalue weighted by Gasteiger charge is -2.36. The predicted octanol–water partition coefficient (Wildman–Crippen LogP) is 6.13. The molecule has 0 aromatic heterocycles. The Morgan fingerprint density at radius 3 is 1.88 bits per heavy atom. The van der Waals surface area contributed by atoms with Gasteiger partial charge < -0.3 is 4.90 Å². The zero-order chi connectivity index (χ0) is 24.8. The van der Waals surface area contributed by atoms with Crippen molar-refractivity contribution in [1.29, 1.82) is 10.5 Å². The van der Waals surface area contributed by atoms with E-state index in [2.05, 4.69) is 27.1 Å². The Hall–Kier alpha value is -3.42. The van der Waals surface area contributed by atoms with Crippen molar-refractivity contribution in [3.05, 3.63) is 104 Å².